The van der Waals surface area contributed by atoms with Crippen LogP contribution in [-0.4, -0.2) is 17.6 Å². The number of thiophene rings is 2. The largest absolute Gasteiger partial charge is 0.384 e. The summed E-state index contributed by atoms with van der Waals surface area (Å²) in [5.74, 6) is 5.24. The fourth-order valence-corrected chi connectivity index (χ4v) is 2.73. The third-order valence-corrected chi connectivity index (χ3v) is 3.88. The Bertz CT molecular complexity index is 576. The zero-order chi connectivity index (χ0) is 12.8. The maximum atomic E-state index is 11.8. The van der Waals surface area contributed by atoms with Crippen molar-refractivity contribution >= 4 is 28.6 Å². The molecule has 2 heterocycles. The van der Waals surface area contributed by atoms with E-state index in [1.807, 2.05) is 17.5 Å². The molecule has 2 rings (SSSR count). The van der Waals surface area contributed by atoms with E-state index in [4.69, 9.17) is 5.11 Å². The van der Waals surface area contributed by atoms with Gasteiger partial charge in [0.25, 0.3) is 5.91 Å². The third kappa shape index (κ3) is 3.44. The predicted octanol–water partition coefficient (Wildman–Crippen LogP) is 2.08. The molecule has 2 aromatic rings. The zero-order valence-electron chi connectivity index (χ0n) is 9.47. The first kappa shape index (κ1) is 12.8. The van der Waals surface area contributed by atoms with Gasteiger partial charge in [0.05, 0.1) is 17.0 Å². The molecule has 0 aromatic carbocycles. The number of hydrogen-bond donors (Lipinski definition) is 2. The molecule has 0 saturated carbocycles. The minimum absolute atomic E-state index is 0.100. The van der Waals surface area contributed by atoms with Gasteiger partial charge in [0, 0.05) is 10.3 Å². The standard InChI is InChI=1S/C13H11NO2S2/c15-5-1-3-11-7-10(9-18-11)13(16)14-8-12-4-2-6-17-12/h2,4,6-7,9,15H,5,8H2,(H,14,16). The van der Waals surface area contributed by atoms with Gasteiger partial charge in [0.2, 0.25) is 0 Å². The highest BCUT2D eigenvalue weighted by atomic mass is 32.1. The van der Waals surface area contributed by atoms with Crippen LogP contribution in [0.2, 0.25) is 0 Å². The fourth-order valence-electron chi connectivity index (χ4n) is 1.33. The highest BCUT2D eigenvalue weighted by molar-refractivity contribution is 7.10. The number of aliphatic hydroxyl groups is 1. The second-order valence-corrected chi connectivity index (χ2v) is 5.37. The summed E-state index contributed by atoms with van der Waals surface area (Å²) < 4.78 is 0. The number of hydrogen-bond acceptors (Lipinski definition) is 4. The van der Waals surface area contributed by atoms with Gasteiger partial charge in [0.1, 0.15) is 6.61 Å². The third-order valence-electron chi connectivity index (χ3n) is 2.16. The van der Waals surface area contributed by atoms with Crippen molar-refractivity contribution in [3.8, 4) is 11.8 Å². The molecule has 0 atom stereocenters. The van der Waals surface area contributed by atoms with Crippen LogP contribution < -0.4 is 5.32 Å². The molecular weight excluding hydrogens is 266 g/mol. The number of nitrogens with one attached hydrogen (secondary N) is 1. The molecule has 2 N–H and O–H groups in total. The Labute approximate surface area is 113 Å². The average molecular weight is 277 g/mol. The van der Waals surface area contributed by atoms with Crippen LogP contribution in [0, 0.1) is 11.8 Å². The molecule has 18 heavy (non-hydrogen) atoms. The monoisotopic (exact) mass is 277 g/mol. The minimum Gasteiger partial charge on any atom is -0.384 e. The van der Waals surface area contributed by atoms with Crippen LogP contribution in [0.25, 0.3) is 0 Å². The molecule has 2 aromatic heterocycles. The summed E-state index contributed by atoms with van der Waals surface area (Å²) in [6.07, 6.45) is 0. The quantitative estimate of drug-likeness (QED) is 0.844. The molecule has 0 aliphatic carbocycles. The Morgan fingerprint density at radius 3 is 3.06 bits per heavy atom. The summed E-state index contributed by atoms with van der Waals surface area (Å²) in [5.41, 5.74) is 0.610. The van der Waals surface area contributed by atoms with Gasteiger partial charge in [-0.15, -0.1) is 22.7 Å². The smallest absolute Gasteiger partial charge is 0.252 e. The van der Waals surface area contributed by atoms with E-state index >= 15 is 0 Å². The molecule has 0 spiro atoms. The van der Waals surface area contributed by atoms with E-state index < -0.39 is 0 Å². The first-order chi connectivity index (χ1) is 8.79. The topological polar surface area (TPSA) is 49.3 Å². The van der Waals surface area contributed by atoms with Crippen molar-refractivity contribution in [1.82, 2.24) is 5.32 Å². The van der Waals surface area contributed by atoms with E-state index in [9.17, 15) is 4.79 Å². The van der Waals surface area contributed by atoms with Gasteiger partial charge in [-0.05, 0) is 17.5 Å². The van der Waals surface area contributed by atoms with Crippen molar-refractivity contribution in [1.29, 1.82) is 0 Å². The van der Waals surface area contributed by atoms with Crippen LogP contribution in [0.3, 0.4) is 0 Å². The van der Waals surface area contributed by atoms with Crippen molar-refractivity contribution in [2.75, 3.05) is 6.61 Å². The van der Waals surface area contributed by atoms with Crippen LogP contribution >= 0.6 is 22.7 Å². The van der Waals surface area contributed by atoms with Gasteiger partial charge in [-0.3, -0.25) is 4.79 Å². The maximum absolute atomic E-state index is 11.8. The predicted molar refractivity (Wildman–Crippen MR) is 73.8 cm³/mol. The summed E-state index contributed by atoms with van der Waals surface area (Å²) in [5, 5.41) is 15.2. The normalized spacial score (nSPS) is 9.61. The van der Waals surface area contributed by atoms with E-state index in [2.05, 4.69) is 17.2 Å². The highest BCUT2D eigenvalue weighted by Crippen LogP contribution is 2.14. The number of amides is 1. The molecule has 3 nitrogen and oxygen atoms in total. The van der Waals surface area contributed by atoms with E-state index in [-0.39, 0.29) is 12.5 Å². The molecule has 1 amide bonds. The van der Waals surface area contributed by atoms with Crippen LogP contribution in [0.4, 0.5) is 0 Å². The average Bonchev–Trinajstić information content (AvgIpc) is 3.04. The second kappa shape index (κ2) is 6.36. The summed E-state index contributed by atoms with van der Waals surface area (Å²) in [6.45, 7) is 0.377. The van der Waals surface area contributed by atoms with Crippen molar-refractivity contribution in [3.63, 3.8) is 0 Å². The maximum Gasteiger partial charge on any atom is 0.252 e. The Hall–Kier alpha value is -1.61. The van der Waals surface area contributed by atoms with Gasteiger partial charge < -0.3 is 10.4 Å². The molecule has 0 saturated heterocycles. The van der Waals surface area contributed by atoms with Gasteiger partial charge in [-0.25, -0.2) is 0 Å². The Balaban J connectivity index is 1.94. The van der Waals surface area contributed by atoms with Crippen LogP contribution in [-0.2, 0) is 6.54 Å². The fraction of sp³-hybridized carbons (Fsp3) is 0.154. The molecular formula is C13H11NO2S2. The van der Waals surface area contributed by atoms with Crippen molar-refractivity contribution < 1.29 is 9.90 Å². The van der Waals surface area contributed by atoms with Crippen molar-refractivity contribution in [2.45, 2.75) is 6.54 Å². The molecule has 0 radical (unpaired) electrons. The molecule has 0 aliphatic heterocycles. The summed E-state index contributed by atoms with van der Waals surface area (Å²) in [7, 11) is 0. The molecule has 0 unspecified atom stereocenters. The lowest BCUT2D eigenvalue weighted by Gasteiger charge is -2.00. The first-order valence-corrected chi connectivity index (χ1v) is 7.04. The second-order valence-electron chi connectivity index (χ2n) is 3.42. The summed E-state index contributed by atoms with van der Waals surface area (Å²) in [4.78, 5) is 13.7. The lowest BCUT2D eigenvalue weighted by Crippen LogP contribution is -2.21. The number of carbonyl (C=O) groups is 1. The van der Waals surface area contributed by atoms with E-state index in [1.54, 1.807) is 22.8 Å². The molecule has 0 aliphatic rings. The first-order valence-electron chi connectivity index (χ1n) is 5.28. The van der Waals surface area contributed by atoms with Gasteiger partial charge in [-0.1, -0.05) is 17.9 Å². The number of carbonyl (C=O) groups excluding carboxylic acids is 1. The van der Waals surface area contributed by atoms with E-state index in [0.717, 1.165) is 9.75 Å². The summed E-state index contributed by atoms with van der Waals surface area (Å²) >= 11 is 3.01. The van der Waals surface area contributed by atoms with Gasteiger partial charge >= 0.3 is 0 Å². The van der Waals surface area contributed by atoms with Crippen LogP contribution in [0.1, 0.15) is 20.1 Å². The van der Waals surface area contributed by atoms with Crippen LogP contribution in [0.5, 0.6) is 0 Å². The molecule has 5 heteroatoms. The molecule has 92 valence electrons. The Morgan fingerprint density at radius 2 is 2.33 bits per heavy atom. The Kier molecular flexibility index (Phi) is 4.53. The number of aliphatic hydroxyl groups excluding tert-OH is 1. The SMILES string of the molecule is O=C(NCc1cccs1)c1csc(C#CCO)c1. The molecule has 0 bridgehead atoms. The Morgan fingerprint density at radius 1 is 1.44 bits per heavy atom. The van der Waals surface area contributed by atoms with Gasteiger partial charge in [-0.2, -0.15) is 0 Å². The van der Waals surface area contributed by atoms with Gasteiger partial charge in [0.15, 0.2) is 0 Å². The van der Waals surface area contributed by atoms with Crippen LogP contribution in [0.15, 0.2) is 29.0 Å². The zero-order valence-corrected chi connectivity index (χ0v) is 11.1. The highest BCUT2D eigenvalue weighted by Gasteiger charge is 2.07. The van der Waals surface area contributed by atoms with E-state index in [0.29, 0.717) is 12.1 Å². The van der Waals surface area contributed by atoms with Crippen molar-refractivity contribution in [3.05, 3.63) is 44.3 Å². The van der Waals surface area contributed by atoms with Crippen molar-refractivity contribution in [2.24, 2.45) is 0 Å². The molecule has 0 fully saturated rings. The summed E-state index contributed by atoms with van der Waals surface area (Å²) in [6, 6.07) is 5.67. The van der Waals surface area contributed by atoms with E-state index in [1.165, 1.54) is 11.3 Å². The number of rotatable bonds is 3. The lowest BCUT2D eigenvalue weighted by molar-refractivity contribution is 0.0952. The minimum atomic E-state index is -0.169. The lowest BCUT2D eigenvalue weighted by atomic mass is 10.3.